The Morgan fingerprint density at radius 3 is 2.85 bits per heavy atom. The van der Waals surface area contributed by atoms with Crippen molar-refractivity contribution in [2.24, 2.45) is 4.99 Å². The fraction of sp³-hybridized carbons (Fsp3) is 0.350. The summed E-state index contributed by atoms with van der Waals surface area (Å²) in [4.78, 5) is 4.28. The Kier molecular flexibility index (Phi) is 4.82. The maximum Gasteiger partial charge on any atom is 0.231 e. The lowest BCUT2D eigenvalue weighted by Gasteiger charge is -2.15. The predicted molar refractivity (Wildman–Crippen MR) is 100 cm³/mol. The van der Waals surface area contributed by atoms with Crippen LogP contribution in [0.4, 0.5) is 0 Å². The maximum atomic E-state index is 5.95. The van der Waals surface area contributed by atoms with Crippen LogP contribution in [-0.2, 0) is 12.8 Å². The van der Waals surface area contributed by atoms with Crippen LogP contribution in [0.5, 0.6) is 17.2 Å². The average molecular weight is 353 g/mol. The molecule has 0 saturated heterocycles. The summed E-state index contributed by atoms with van der Waals surface area (Å²) in [7, 11) is 1.78. The van der Waals surface area contributed by atoms with Crippen molar-refractivity contribution in [3.63, 3.8) is 0 Å². The summed E-state index contributed by atoms with van der Waals surface area (Å²) in [6.45, 7) is 1.81. The molecule has 0 aromatic heterocycles. The van der Waals surface area contributed by atoms with Gasteiger partial charge in [0.25, 0.3) is 0 Å². The fourth-order valence-electron chi connectivity index (χ4n) is 3.22. The number of benzene rings is 2. The molecule has 2 N–H and O–H groups in total. The van der Waals surface area contributed by atoms with Gasteiger partial charge in [0.15, 0.2) is 17.5 Å². The third-order valence-corrected chi connectivity index (χ3v) is 4.58. The lowest BCUT2D eigenvalue weighted by Crippen LogP contribution is -2.42. The summed E-state index contributed by atoms with van der Waals surface area (Å²) >= 11 is 0. The van der Waals surface area contributed by atoms with Gasteiger partial charge in [0, 0.05) is 20.0 Å². The number of guanidine groups is 1. The second-order valence-electron chi connectivity index (χ2n) is 6.37. The molecule has 2 aliphatic heterocycles. The second kappa shape index (κ2) is 7.56. The number of hydrogen-bond donors (Lipinski definition) is 2. The van der Waals surface area contributed by atoms with E-state index in [0.29, 0.717) is 6.79 Å². The third-order valence-electron chi connectivity index (χ3n) is 4.58. The Balaban J connectivity index is 1.22. The molecule has 6 nitrogen and oxygen atoms in total. The Morgan fingerprint density at radius 1 is 1.08 bits per heavy atom. The summed E-state index contributed by atoms with van der Waals surface area (Å²) in [5.74, 6) is 3.41. The zero-order valence-electron chi connectivity index (χ0n) is 14.8. The summed E-state index contributed by atoms with van der Waals surface area (Å²) in [5.41, 5.74) is 2.47. The molecule has 136 valence electrons. The van der Waals surface area contributed by atoms with Crippen LogP contribution in [0.15, 0.2) is 47.5 Å². The highest BCUT2D eigenvalue weighted by atomic mass is 16.7. The van der Waals surface area contributed by atoms with E-state index in [1.165, 1.54) is 11.1 Å². The Morgan fingerprint density at radius 2 is 1.96 bits per heavy atom. The van der Waals surface area contributed by atoms with Crippen LogP contribution in [0.25, 0.3) is 0 Å². The highest BCUT2D eigenvalue weighted by Crippen LogP contribution is 2.32. The zero-order chi connectivity index (χ0) is 17.8. The van der Waals surface area contributed by atoms with Gasteiger partial charge in [-0.3, -0.25) is 4.99 Å². The minimum absolute atomic E-state index is 0.139. The number of ether oxygens (including phenoxy) is 3. The first-order valence-electron chi connectivity index (χ1n) is 8.89. The first-order valence-corrected chi connectivity index (χ1v) is 8.89. The molecule has 4 rings (SSSR count). The minimum Gasteiger partial charge on any atom is -0.488 e. The van der Waals surface area contributed by atoms with Crippen molar-refractivity contribution in [3.8, 4) is 17.2 Å². The lowest BCUT2D eigenvalue weighted by molar-refractivity contribution is 0.174. The molecule has 0 fully saturated rings. The summed E-state index contributed by atoms with van der Waals surface area (Å²) < 4.78 is 16.7. The molecule has 2 aromatic rings. The molecule has 0 spiro atoms. The van der Waals surface area contributed by atoms with Crippen LogP contribution in [0.2, 0.25) is 0 Å². The van der Waals surface area contributed by atoms with Crippen molar-refractivity contribution in [3.05, 3.63) is 53.6 Å². The van der Waals surface area contributed by atoms with E-state index in [1.54, 1.807) is 7.05 Å². The monoisotopic (exact) mass is 353 g/mol. The Labute approximate surface area is 153 Å². The van der Waals surface area contributed by atoms with E-state index in [0.717, 1.165) is 49.1 Å². The number of nitrogens with zero attached hydrogens (tertiary/aromatic N) is 1. The highest BCUT2D eigenvalue weighted by Gasteiger charge is 2.22. The Bertz CT molecular complexity index is 782. The van der Waals surface area contributed by atoms with Gasteiger partial charge >= 0.3 is 0 Å². The van der Waals surface area contributed by atoms with Crippen molar-refractivity contribution >= 4 is 5.96 Å². The van der Waals surface area contributed by atoms with Gasteiger partial charge in [-0.15, -0.1) is 0 Å². The highest BCUT2D eigenvalue weighted by molar-refractivity contribution is 5.79. The molecule has 0 amide bonds. The summed E-state index contributed by atoms with van der Waals surface area (Å²) in [6.07, 6.45) is 1.94. The molecule has 1 unspecified atom stereocenters. The van der Waals surface area contributed by atoms with E-state index in [-0.39, 0.29) is 6.10 Å². The van der Waals surface area contributed by atoms with Gasteiger partial charge in [-0.2, -0.15) is 0 Å². The van der Waals surface area contributed by atoms with Gasteiger partial charge in [0.05, 0.1) is 6.54 Å². The molecule has 2 heterocycles. The second-order valence-corrected chi connectivity index (χ2v) is 6.37. The first-order chi connectivity index (χ1) is 12.8. The largest absolute Gasteiger partial charge is 0.488 e. The quantitative estimate of drug-likeness (QED) is 0.637. The number of para-hydroxylation sites is 1. The summed E-state index contributed by atoms with van der Waals surface area (Å²) in [5, 5.41) is 6.69. The smallest absolute Gasteiger partial charge is 0.231 e. The van der Waals surface area contributed by atoms with Crippen molar-refractivity contribution in [1.82, 2.24) is 10.6 Å². The maximum absolute atomic E-state index is 5.95. The average Bonchev–Trinajstić information content (AvgIpc) is 3.30. The van der Waals surface area contributed by atoms with E-state index >= 15 is 0 Å². The fourth-order valence-corrected chi connectivity index (χ4v) is 3.22. The number of nitrogens with one attached hydrogen (secondary N) is 2. The van der Waals surface area contributed by atoms with Crippen molar-refractivity contribution in [2.75, 3.05) is 26.9 Å². The van der Waals surface area contributed by atoms with E-state index < -0.39 is 0 Å². The van der Waals surface area contributed by atoms with Crippen molar-refractivity contribution in [2.45, 2.75) is 18.9 Å². The Hall–Kier alpha value is -2.89. The standard InChI is InChI=1S/C20H23N3O3/c1-21-20(23-12-16-11-15-4-2-3-5-17(15)26-16)22-9-8-14-6-7-18-19(10-14)25-13-24-18/h2-7,10,16H,8-9,11-13H2,1H3,(H2,21,22,23). The number of fused-ring (bicyclic) bond motifs is 2. The van der Waals surface area contributed by atoms with E-state index in [1.807, 2.05) is 24.3 Å². The SMILES string of the molecule is CN=C(NCCc1ccc2c(c1)OCO2)NCC1Cc2ccccc2O1. The molecular weight excluding hydrogens is 330 g/mol. The zero-order valence-corrected chi connectivity index (χ0v) is 14.8. The molecule has 0 saturated carbocycles. The summed E-state index contributed by atoms with van der Waals surface area (Å²) in [6, 6.07) is 14.3. The number of aliphatic imine (C=N–C) groups is 1. The van der Waals surface area contributed by atoms with Gasteiger partial charge in [-0.25, -0.2) is 0 Å². The van der Waals surface area contributed by atoms with Crippen LogP contribution in [0.3, 0.4) is 0 Å². The van der Waals surface area contributed by atoms with Crippen LogP contribution in [0, 0.1) is 0 Å². The van der Waals surface area contributed by atoms with Gasteiger partial charge in [-0.1, -0.05) is 24.3 Å². The van der Waals surface area contributed by atoms with Gasteiger partial charge in [-0.05, 0) is 35.7 Å². The third kappa shape index (κ3) is 3.69. The predicted octanol–water partition coefficient (Wildman–Crippen LogP) is 2.13. The molecular formula is C20H23N3O3. The normalized spacial score (nSPS) is 17.6. The lowest BCUT2D eigenvalue weighted by atomic mass is 10.1. The molecule has 0 aliphatic carbocycles. The van der Waals surface area contributed by atoms with Crippen LogP contribution in [-0.4, -0.2) is 39.0 Å². The van der Waals surface area contributed by atoms with Gasteiger partial charge in [0.2, 0.25) is 6.79 Å². The number of hydrogen-bond acceptors (Lipinski definition) is 4. The van der Waals surface area contributed by atoms with Gasteiger partial charge < -0.3 is 24.8 Å². The minimum atomic E-state index is 0.139. The molecule has 6 heteroatoms. The van der Waals surface area contributed by atoms with Crippen molar-refractivity contribution < 1.29 is 14.2 Å². The number of rotatable bonds is 5. The molecule has 0 bridgehead atoms. The molecule has 1 atom stereocenters. The van der Waals surface area contributed by atoms with E-state index in [2.05, 4.69) is 33.8 Å². The van der Waals surface area contributed by atoms with Crippen LogP contribution in [0.1, 0.15) is 11.1 Å². The molecule has 2 aliphatic rings. The van der Waals surface area contributed by atoms with Crippen molar-refractivity contribution in [1.29, 1.82) is 0 Å². The molecule has 0 radical (unpaired) electrons. The van der Waals surface area contributed by atoms with Crippen LogP contribution < -0.4 is 24.8 Å². The molecule has 26 heavy (non-hydrogen) atoms. The van der Waals surface area contributed by atoms with E-state index in [4.69, 9.17) is 14.2 Å². The topological polar surface area (TPSA) is 64.1 Å². The van der Waals surface area contributed by atoms with E-state index in [9.17, 15) is 0 Å². The van der Waals surface area contributed by atoms with Gasteiger partial charge in [0.1, 0.15) is 11.9 Å². The molecule has 2 aromatic carbocycles. The first kappa shape index (κ1) is 16.6. The van der Waals surface area contributed by atoms with Crippen LogP contribution >= 0.6 is 0 Å².